The van der Waals surface area contributed by atoms with Gasteiger partial charge >= 0.3 is 0 Å². The third-order valence-electron chi connectivity index (χ3n) is 5.51. The molecule has 2 aromatic carbocycles. The van der Waals surface area contributed by atoms with E-state index in [0.29, 0.717) is 0 Å². The lowest BCUT2D eigenvalue weighted by molar-refractivity contribution is -0.127. The molecule has 0 spiro atoms. The van der Waals surface area contributed by atoms with Gasteiger partial charge < -0.3 is 14.4 Å². The van der Waals surface area contributed by atoms with Gasteiger partial charge in [0.05, 0.1) is 14.2 Å². The molecule has 5 nitrogen and oxygen atoms in total. The van der Waals surface area contributed by atoms with Crippen molar-refractivity contribution in [2.24, 2.45) is 0 Å². The second kappa shape index (κ2) is 9.61. The minimum Gasteiger partial charge on any atom is -0.493 e. The van der Waals surface area contributed by atoms with Crippen molar-refractivity contribution in [1.29, 1.82) is 0 Å². The first-order valence-corrected chi connectivity index (χ1v) is 9.98. The molecule has 0 bridgehead atoms. The number of carbonyl (C=O) groups is 1. The second-order valence-electron chi connectivity index (χ2n) is 7.43. The largest absolute Gasteiger partial charge is 0.493 e. The summed E-state index contributed by atoms with van der Waals surface area (Å²) in [4.78, 5) is 16.8. The van der Waals surface area contributed by atoms with Crippen LogP contribution in [0.15, 0.2) is 42.5 Å². The summed E-state index contributed by atoms with van der Waals surface area (Å²) in [6, 6.07) is 12.2. The molecule has 1 aliphatic heterocycles. The highest BCUT2D eigenvalue weighted by molar-refractivity contribution is 5.92. The summed E-state index contributed by atoms with van der Waals surface area (Å²) in [6.45, 7) is 8.18. The maximum Gasteiger partial charge on any atom is 0.246 e. The fraction of sp³-hybridized carbons (Fsp3) is 0.375. The molecule has 1 fully saturated rings. The monoisotopic (exact) mass is 394 g/mol. The van der Waals surface area contributed by atoms with Crippen molar-refractivity contribution in [2.45, 2.75) is 20.4 Å². The third-order valence-corrected chi connectivity index (χ3v) is 5.51. The van der Waals surface area contributed by atoms with Crippen LogP contribution in [0.1, 0.15) is 22.3 Å². The van der Waals surface area contributed by atoms with Crippen molar-refractivity contribution in [3.05, 3.63) is 64.7 Å². The molecule has 2 aromatic rings. The molecule has 0 aromatic heterocycles. The van der Waals surface area contributed by atoms with Gasteiger partial charge in [0.25, 0.3) is 0 Å². The van der Waals surface area contributed by atoms with E-state index in [4.69, 9.17) is 9.47 Å². The summed E-state index contributed by atoms with van der Waals surface area (Å²) in [7, 11) is 3.31. The number of rotatable bonds is 6. The molecule has 154 valence electrons. The Kier molecular flexibility index (Phi) is 6.94. The van der Waals surface area contributed by atoms with Crippen LogP contribution in [0, 0.1) is 13.8 Å². The van der Waals surface area contributed by atoms with E-state index >= 15 is 0 Å². The Morgan fingerprint density at radius 3 is 2.28 bits per heavy atom. The molecular weight excluding hydrogens is 364 g/mol. The molecular formula is C24H30N2O3. The highest BCUT2D eigenvalue weighted by atomic mass is 16.5. The van der Waals surface area contributed by atoms with Crippen LogP contribution in [0.25, 0.3) is 6.08 Å². The number of hydrogen-bond acceptors (Lipinski definition) is 4. The maximum atomic E-state index is 12.5. The number of nitrogens with zero attached hydrogens (tertiary/aromatic N) is 2. The molecule has 0 unspecified atom stereocenters. The lowest BCUT2D eigenvalue weighted by atomic mass is 10.1. The zero-order chi connectivity index (χ0) is 20.8. The zero-order valence-electron chi connectivity index (χ0n) is 17.8. The molecule has 0 radical (unpaired) electrons. The van der Waals surface area contributed by atoms with Crippen LogP contribution in [0.4, 0.5) is 0 Å². The summed E-state index contributed by atoms with van der Waals surface area (Å²) < 4.78 is 10.8. The average molecular weight is 395 g/mol. The van der Waals surface area contributed by atoms with Crippen molar-refractivity contribution in [3.63, 3.8) is 0 Å². The molecule has 1 heterocycles. The fourth-order valence-electron chi connectivity index (χ4n) is 3.60. The normalized spacial score (nSPS) is 15.0. The molecule has 0 atom stereocenters. The van der Waals surface area contributed by atoms with E-state index in [1.807, 2.05) is 35.2 Å². The average Bonchev–Trinajstić information content (AvgIpc) is 2.74. The minimum absolute atomic E-state index is 0.0789. The van der Waals surface area contributed by atoms with E-state index < -0.39 is 0 Å². The smallest absolute Gasteiger partial charge is 0.246 e. The van der Waals surface area contributed by atoms with Gasteiger partial charge in [-0.15, -0.1) is 0 Å². The predicted molar refractivity (Wildman–Crippen MR) is 116 cm³/mol. The van der Waals surface area contributed by atoms with Crippen molar-refractivity contribution in [2.75, 3.05) is 40.4 Å². The first kappa shape index (κ1) is 20.9. The van der Waals surface area contributed by atoms with Crippen LogP contribution in [0.5, 0.6) is 11.5 Å². The number of amides is 1. The van der Waals surface area contributed by atoms with Crippen molar-refractivity contribution < 1.29 is 14.3 Å². The predicted octanol–water partition coefficient (Wildman–Crippen LogP) is 3.68. The number of aryl methyl sites for hydroxylation is 2. The standard InChI is InChI=1S/C24H30N2O3/c1-18-7-5-6-8-20(18)9-10-24(27)26-13-11-25(12-14-26)17-21-16-23(29-4)22(28-3)15-19(21)2/h5-10,15-16H,11-14,17H2,1-4H3/b10-9+. The third kappa shape index (κ3) is 5.18. The molecule has 0 aliphatic carbocycles. The molecule has 0 N–H and O–H groups in total. The van der Waals surface area contributed by atoms with Crippen LogP contribution in [0.3, 0.4) is 0 Å². The first-order chi connectivity index (χ1) is 14.0. The summed E-state index contributed by atoms with van der Waals surface area (Å²) in [6.07, 6.45) is 3.60. The van der Waals surface area contributed by atoms with Crippen LogP contribution in [0.2, 0.25) is 0 Å². The minimum atomic E-state index is 0.0789. The van der Waals surface area contributed by atoms with Crippen LogP contribution in [-0.4, -0.2) is 56.1 Å². The topological polar surface area (TPSA) is 42.0 Å². The van der Waals surface area contributed by atoms with Crippen LogP contribution < -0.4 is 9.47 Å². The van der Waals surface area contributed by atoms with E-state index in [0.717, 1.165) is 49.8 Å². The Hall–Kier alpha value is -2.79. The number of hydrogen-bond donors (Lipinski definition) is 0. The zero-order valence-corrected chi connectivity index (χ0v) is 17.8. The van der Waals surface area contributed by atoms with Gasteiger partial charge in [0.15, 0.2) is 11.5 Å². The van der Waals surface area contributed by atoms with Gasteiger partial charge in [-0.25, -0.2) is 0 Å². The van der Waals surface area contributed by atoms with E-state index in [1.165, 1.54) is 16.7 Å². The number of carbonyl (C=O) groups excluding carboxylic acids is 1. The summed E-state index contributed by atoms with van der Waals surface area (Å²) in [5, 5.41) is 0. The van der Waals surface area contributed by atoms with Crippen molar-refractivity contribution in [3.8, 4) is 11.5 Å². The summed E-state index contributed by atoms with van der Waals surface area (Å²) in [5.74, 6) is 1.59. The molecule has 29 heavy (non-hydrogen) atoms. The summed E-state index contributed by atoms with van der Waals surface area (Å²) >= 11 is 0. The molecule has 5 heteroatoms. The molecule has 1 aliphatic rings. The van der Waals surface area contributed by atoms with Gasteiger partial charge in [0.1, 0.15) is 0 Å². The number of ether oxygens (including phenoxy) is 2. The Labute approximate surface area is 173 Å². The van der Waals surface area contributed by atoms with Gasteiger partial charge in [-0.1, -0.05) is 24.3 Å². The lowest BCUT2D eigenvalue weighted by Crippen LogP contribution is -2.47. The Balaban J connectivity index is 1.57. The number of benzene rings is 2. The van der Waals surface area contributed by atoms with E-state index in [9.17, 15) is 4.79 Å². The number of piperazine rings is 1. The van der Waals surface area contributed by atoms with Crippen LogP contribution >= 0.6 is 0 Å². The van der Waals surface area contributed by atoms with Crippen molar-refractivity contribution in [1.82, 2.24) is 9.80 Å². The maximum absolute atomic E-state index is 12.5. The number of methoxy groups -OCH3 is 2. The Morgan fingerprint density at radius 2 is 1.62 bits per heavy atom. The summed E-state index contributed by atoms with van der Waals surface area (Å²) in [5.41, 5.74) is 4.67. The van der Waals surface area contributed by atoms with E-state index in [-0.39, 0.29) is 5.91 Å². The SMILES string of the molecule is COc1cc(C)c(CN2CCN(C(=O)/C=C/c3ccccc3C)CC2)cc1OC. The van der Waals surface area contributed by atoms with Gasteiger partial charge in [-0.05, 0) is 54.3 Å². The van der Waals surface area contributed by atoms with Crippen molar-refractivity contribution >= 4 is 12.0 Å². The Bertz CT molecular complexity index is 884. The molecule has 3 rings (SSSR count). The van der Waals surface area contributed by atoms with Crippen LogP contribution in [-0.2, 0) is 11.3 Å². The fourth-order valence-corrected chi connectivity index (χ4v) is 3.60. The lowest BCUT2D eigenvalue weighted by Gasteiger charge is -2.34. The molecule has 0 saturated carbocycles. The highest BCUT2D eigenvalue weighted by Crippen LogP contribution is 2.31. The first-order valence-electron chi connectivity index (χ1n) is 9.98. The molecule has 1 amide bonds. The Morgan fingerprint density at radius 1 is 0.966 bits per heavy atom. The molecule has 1 saturated heterocycles. The van der Waals surface area contributed by atoms with Gasteiger partial charge in [-0.2, -0.15) is 0 Å². The quantitative estimate of drug-likeness (QED) is 0.701. The van der Waals surface area contributed by atoms with Gasteiger partial charge in [0, 0.05) is 38.8 Å². The van der Waals surface area contributed by atoms with E-state index in [1.54, 1.807) is 20.3 Å². The van der Waals surface area contributed by atoms with Gasteiger partial charge in [0.2, 0.25) is 5.91 Å². The van der Waals surface area contributed by atoms with Gasteiger partial charge in [-0.3, -0.25) is 9.69 Å². The highest BCUT2D eigenvalue weighted by Gasteiger charge is 2.20. The second-order valence-corrected chi connectivity index (χ2v) is 7.43. The van der Waals surface area contributed by atoms with E-state index in [2.05, 4.69) is 30.9 Å².